The zero-order chi connectivity index (χ0) is 29.4. The predicted octanol–water partition coefficient (Wildman–Crippen LogP) is 5.70. The molecule has 0 radical (unpaired) electrons. The van der Waals surface area contributed by atoms with E-state index < -0.39 is 28.7 Å². The fraction of sp³-hybridized carbons (Fsp3) is 0.452. The summed E-state index contributed by atoms with van der Waals surface area (Å²) < 4.78 is 10.9. The molecule has 9 nitrogen and oxygen atoms in total. The minimum Gasteiger partial charge on any atom is -0.468 e. The first kappa shape index (κ1) is 30.7. The molecule has 40 heavy (non-hydrogen) atoms. The first-order valence-electron chi connectivity index (χ1n) is 13.5. The van der Waals surface area contributed by atoms with Crippen molar-refractivity contribution in [3.8, 4) is 0 Å². The topological polar surface area (TPSA) is 111 Å². The number of methoxy groups -OCH3 is 1. The summed E-state index contributed by atoms with van der Waals surface area (Å²) in [5.74, 6) is -2.93. The third-order valence-electron chi connectivity index (χ3n) is 6.98. The lowest BCUT2D eigenvalue weighted by molar-refractivity contribution is -0.384. The SMILES string of the molecule is CCCN(Cc1ccccc1)CC(C)(C)COC(=O)C1=C(C)N=C(C)C(C(=O)OC)C1c1cccc([N+](=O)[O-])c1. The summed E-state index contributed by atoms with van der Waals surface area (Å²) in [6, 6.07) is 16.2. The van der Waals surface area contributed by atoms with Crippen LogP contribution in [-0.2, 0) is 25.6 Å². The minimum atomic E-state index is -0.919. The van der Waals surface area contributed by atoms with Crippen LogP contribution in [0.5, 0.6) is 0 Å². The molecule has 1 heterocycles. The Kier molecular flexibility index (Phi) is 10.3. The highest BCUT2D eigenvalue weighted by Gasteiger charge is 2.43. The largest absolute Gasteiger partial charge is 0.468 e. The van der Waals surface area contributed by atoms with Gasteiger partial charge in [-0.1, -0.05) is 63.2 Å². The van der Waals surface area contributed by atoms with Crippen LogP contribution in [0, 0.1) is 21.4 Å². The van der Waals surface area contributed by atoms with Crippen LogP contribution in [0.4, 0.5) is 5.69 Å². The highest BCUT2D eigenvalue weighted by molar-refractivity contribution is 6.07. The molecule has 9 heteroatoms. The second-order valence-corrected chi connectivity index (χ2v) is 11.0. The zero-order valence-corrected chi connectivity index (χ0v) is 24.2. The number of hydrogen-bond donors (Lipinski definition) is 0. The van der Waals surface area contributed by atoms with Crippen LogP contribution in [-0.4, -0.2) is 54.3 Å². The smallest absolute Gasteiger partial charge is 0.336 e. The number of non-ortho nitro benzene ring substituents is 1. The van der Waals surface area contributed by atoms with Gasteiger partial charge in [0.25, 0.3) is 5.69 Å². The van der Waals surface area contributed by atoms with Gasteiger partial charge in [-0.25, -0.2) is 4.79 Å². The molecule has 0 spiro atoms. The normalized spacial score (nSPS) is 17.4. The molecule has 0 aromatic heterocycles. The maximum atomic E-state index is 13.7. The molecule has 0 saturated carbocycles. The number of ether oxygens (including phenoxy) is 2. The van der Waals surface area contributed by atoms with E-state index >= 15 is 0 Å². The van der Waals surface area contributed by atoms with E-state index in [2.05, 4.69) is 28.9 Å². The standard InChI is InChI=1S/C31H39N3O6/c1-7-16-33(18-23-12-9-8-10-13-23)19-31(4,5)20-40-30(36)27-22(3)32-21(2)26(29(35)39-6)28(27)24-14-11-15-25(17-24)34(37)38/h8-15,17,26,28H,7,16,18-20H2,1-6H3. The number of hydrogen-bond acceptors (Lipinski definition) is 8. The summed E-state index contributed by atoms with van der Waals surface area (Å²) in [6.45, 7) is 12.2. The molecule has 2 unspecified atom stereocenters. The molecule has 1 aliphatic heterocycles. The molecule has 0 N–H and O–H groups in total. The van der Waals surface area contributed by atoms with Crippen molar-refractivity contribution < 1.29 is 24.0 Å². The van der Waals surface area contributed by atoms with Crippen molar-refractivity contribution in [2.75, 3.05) is 26.8 Å². The third kappa shape index (κ3) is 7.63. The number of allylic oxidation sites excluding steroid dienone is 1. The van der Waals surface area contributed by atoms with Crippen molar-refractivity contribution in [3.05, 3.63) is 87.1 Å². The van der Waals surface area contributed by atoms with Crippen LogP contribution in [0.25, 0.3) is 0 Å². The second-order valence-electron chi connectivity index (χ2n) is 11.0. The van der Waals surface area contributed by atoms with Gasteiger partial charge in [-0.05, 0) is 37.9 Å². The van der Waals surface area contributed by atoms with Gasteiger partial charge in [0.15, 0.2) is 0 Å². The first-order chi connectivity index (χ1) is 19.0. The monoisotopic (exact) mass is 549 g/mol. The number of benzene rings is 2. The minimum absolute atomic E-state index is 0.137. The van der Waals surface area contributed by atoms with Crippen molar-refractivity contribution in [1.29, 1.82) is 0 Å². The van der Waals surface area contributed by atoms with Gasteiger partial charge >= 0.3 is 11.9 Å². The molecular weight excluding hydrogens is 510 g/mol. The molecule has 0 amide bonds. The van der Waals surface area contributed by atoms with E-state index in [0.717, 1.165) is 19.5 Å². The summed E-state index contributed by atoms with van der Waals surface area (Å²) in [7, 11) is 1.27. The van der Waals surface area contributed by atoms with Crippen LogP contribution in [0.3, 0.4) is 0 Å². The lowest BCUT2D eigenvalue weighted by atomic mass is 9.75. The van der Waals surface area contributed by atoms with E-state index in [-0.39, 0.29) is 23.3 Å². The Morgan fingerprint density at radius 1 is 1.10 bits per heavy atom. The van der Waals surface area contributed by atoms with Gasteiger partial charge in [0, 0.05) is 48.0 Å². The number of rotatable bonds is 12. The molecule has 2 atom stereocenters. The van der Waals surface area contributed by atoms with Gasteiger partial charge in [0.05, 0.1) is 24.2 Å². The summed E-state index contributed by atoms with van der Waals surface area (Å²) in [5.41, 5.74) is 2.23. The van der Waals surface area contributed by atoms with Crippen molar-refractivity contribution >= 4 is 23.3 Å². The zero-order valence-electron chi connectivity index (χ0n) is 24.2. The predicted molar refractivity (Wildman–Crippen MR) is 154 cm³/mol. The fourth-order valence-electron chi connectivity index (χ4n) is 5.29. The first-order valence-corrected chi connectivity index (χ1v) is 13.5. The van der Waals surface area contributed by atoms with E-state index in [1.54, 1.807) is 26.0 Å². The maximum Gasteiger partial charge on any atom is 0.336 e. The number of carbonyl (C=O) groups is 2. The summed E-state index contributed by atoms with van der Waals surface area (Å²) in [5, 5.41) is 11.5. The number of carbonyl (C=O) groups excluding carboxylic acids is 2. The van der Waals surface area contributed by atoms with E-state index in [4.69, 9.17) is 9.47 Å². The van der Waals surface area contributed by atoms with Crippen LogP contribution in [0.2, 0.25) is 0 Å². The Balaban J connectivity index is 1.87. The Morgan fingerprint density at radius 2 is 1.80 bits per heavy atom. The summed E-state index contributed by atoms with van der Waals surface area (Å²) in [4.78, 5) is 44.4. The molecule has 214 valence electrons. The van der Waals surface area contributed by atoms with Crippen LogP contribution in [0.15, 0.2) is 70.9 Å². The molecule has 0 saturated heterocycles. The molecule has 0 bridgehead atoms. The highest BCUT2D eigenvalue weighted by atomic mass is 16.6. The maximum absolute atomic E-state index is 13.7. The van der Waals surface area contributed by atoms with Crippen molar-refractivity contribution in [2.45, 2.75) is 53.5 Å². The molecule has 2 aromatic carbocycles. The fourth-order valence-corrected chi connectivity index (χ4v) is 5.29. The van der Waals surface area contributed by atoms with Gasteiger partial charge in [-0.3, -0.25) is 24.8 Å². The van der Waals surface area contributed by atoms with Crippen molar-refractivity contribution in [1.82, 2.24) is 4.90 Å². The molecule has 3 rings (SSSR count). The average molecular weight is 550 g/mol. The highest BCUT2D eigenvalue weighted by Crippen LogP contribution is 2.41. The van der Waals surface area contributed by atoms with Crippen molar-refractivity contribution in [2.24, 2.45) is 16.3 Å². The molecular formula is C31H39N3O6. The third-order valence-corrected chi connectivity index (χ3v) is 6.98. The lowest BCUT2D eigenvalue weighted by Gasteiger charge is -2.34. The number of nitro groups is 1. The summed E-state index contributed by atoms with van der Waals surface area (Å²) >= 11 is 0. The van der Waals surface area contributed by atoms with Gasteiger partial charge in [-0.15, -0.1) is 0 Å². The van der Waals surface area contributed by atoms with Gasteiger partial charge in [0.1, 0.15) is 5.92 Å². The van der Waals surface area contributed by atoms with Gasteiger partial charge < -0.3 is 9.47 Å². The van der Waals surface area contributed by atoms with Gasteiger partial charge in [0.2, 0.25) is 0 Å². The lowest BCUT2D eigenvalue weighted by Crippen LogP contribution is -2.39. The quantitative estimate of drug-likeness (QED) is 0.190. The second kappa shape index (κ2) is 13.5. The summed E-state index contributed by atoms with van der Waals surface area (Å²) in [6.07, 6.45) is 0.992. The van der Waals surface area contributed by atoms with Gasteiger partial charge in [-0.2, -0.15) is 0 Å². The molecule has 0 aliphatic carbocycles. The van der Waals surface area contributed by atoms with Crippen LogP contribution < -0.4 is 0 Å². The number of aliphatic imine (C=N–C) groups is 1. The van der Waals surface area contributed by atoms with E-state index in [1.165, 1.54) is 24.8 Å². The number of nitrogens with zero attached hydrogens (tertiary/aromatic N) is 3. The molecule has 1 aliphatic rings. The van der Waals surface area contributed by atoms with E-state index in [1.807, 2.05) is 32.0 Å². The molecule has 2 aromatic rings. The van der Waals surface area contributed by atoms with Crippen molar-refractivity contribution in [3.63, 3.8) is 0 Å². The van der Waals surface area contributed by atoms with E-state index in [9.17, 15) is 19.7 Å². The number of esters is 2. The molecule has 0 fully saturated rings. The average Bonchev–Trinajstić information content (AvgIpc) is 2.91. The Morgan fingerprint density at radius 3 is 2.42 bits per heavy atom. The van der Waals surface area contributed by atoms with Crippen LogP contribution >= 0.6 is 0 Å². The van der Waals surface area contributed by atoms with Crippen LogP contribution in [0.1, 0.15) is 58.1 Å². The number of nitro benzene ring substituents is 1. The Bertz CT molecular complexity index is 1280. The Labute approximate surface area is 236 Å². The Hall–Kier alpha value is -3.85. The van der Waals surface area contributed by atoms with E-state index in [0.29, 0.717) is 23.5 Å².